The van der Waals surface area contributed by atoms with Gasteiger partial charge in [-0.05, 0) is 17.7 Å². The van der Waals surface area contributed by atoms with Gasteiger partial charge >= 0.3 is 5.97 Å². The summed E-state index contributed by atoms with van der Waals surface area (Å²) in [6.07, 6.45) is 1.37. The molecule has 0 aliphatic heterocycles. The minimum Gasteiger partial charge on any atom is -0.460 e. The van der Waals surface area contributed by atoms with Crippen molar-refractivity contribution in [1.82, 2.24) is 0 Å². The molecular formula is C13H15NO2S. The van der Waals surface area contributed by atoms with Gasteiger partial charge in [0, 0.05) is 6.42 Å². The summed E-state index contributed by atoms with van der Waals surface area (Å²) in [6, 6.07) is 11.7. The summed E-state index contributed by atoms with van der Waals surface area (Å²) in [5.74, 6) is 0.988. The maximum atomic E-state index is 11.3. The van der Waals surface area contributed by atoms with Gasteiger partial charge in [-0.1, -0.05) is 30.3 Å². The fraction of sp³-hybridized carbons (Fsp3) is 0.385. The summed E-state index contributed by atoms with van der Waals surface area (Å²) in [6.45, 7) is 0.332. The molecule has 0 amide bonds. The Hall–Kier alpha value is -1.47. The van der Waals surface area contributed by atoms with Crippen LogP contribution < -0.4 is 0 Å². The first-order chi connectivity index (χ1) is 8.33. The summed E-state index contributed by atoms with van der Waals surface area (Å²) in [5, 5.41) is 8.33. The number of unbranched alkanes of at least 4 members (excludes halogenated alkanes) is 1. The third kappa shape index (κ3) is 6.64. The van der Waals surface area contributed by atoms with Crippen molar-refractivity contribution in [2.24, 2.45) is 0 Å². The van der Waals surface area contributed by atoms with Gasteiger partial charge in [0.25, 0.3) is 0 Å². The van der Waals surface area contributed by atoms with E-state index in [1.165, 1.54) is 11.8 Å². The zero-order valence-corrected chi connectivity index (χ0v) is 10.4. The molecule has 0 unspecified atom stereocenters. The summed E-state index contributed by atoms with van der Waals surface area (Å²) in [4.78, 5) is 11.3. The Morgan fingerprint density at radius 2 is 2.12 bits per heavy atom. The summed E-state index contributed by atoms with van der Waals surface area (Å²) < 4.78 is 5.11. The van der Waals surface area contributed by atoms with Crippen LogP contribution in [0.4, 0.5) is 0 Å². The molecule has 0 fully saturated rings. The summed E-state index contributed by atoms with van der Waals surface area (Å²) in [7, 11) is 0. The van der Waals surface area contributed by atoms with Crippen LogP contribution in [-0.2, 0) is 16.1 Å². The van der Waals surface area contributed by atoms with Crippen LogP contribution >= 0.6 is 11.8 Å². The van der Waals surface area contributed by atoms with Gasteiger partial charge in [0.2, 0.25) is 0 Å². The van der Waals surface area contributed by atoms with Gasteiger partial charge in [0.15, 0.2) is 0 Å². The fourth-order valence-electron chi connectivity index (χ4n) is 1.19. The molecule has 1 rings (SSSR count). The average Bonchev–Trinajstić information content (AvgIpc) is 2.37. The third-order valence-corrected chi connectivity index (χ3v) is 3.06. The van der Waals surface area contributed by atoms with E-state index in [2.05, 4.69) is 6.07 Å². The number of hydrogen-bond donors (Lipinski definition) is 0. The van der Waals surface area contributed by atoms with Gasteiger partial charge in [0.1, 0.15) is 6.61 Å². The highest BCUT2D eigenvalue weighted by Crippen LogP contribution is 2.06. The summed E-state index contributed by atoms with van der Waals surface area (Å²) in [5.41, 5.74) is 0.996. The Kier molecular flexibility index (Phi) is 6.92. The number of rotatable bonds is 7. The number of nitrogens with zero attached hydrogens (tertiary/aromatic N) is 1. The zero-order valence-electron chi connectivity index (χ0n) is 9.59. The highest BCUT2D eigenvalue weighted by atomic mass is 32.2. The number of nitriles is 1. The zero-order chi connectivity index (χ0) is 12.3. The first-order valence-electron chi connectivity index (χ1n) is 5.47. The lowest BCUT2D eigenvalue weighted by molar-refractivity contribution is -0.141. The van der Waals surface area contributed by atoms with E-state index in [1.54, 1.807) is 0 Å². The Balaban J connectivity index is 2.08. The van der Waals surface area contributed by atoms with Gasteiger partial charge in [-0.2, -0.15) is 17.0 Å². The quantitative estimate of drug-likeness (QED) is 0.550. The second kappa shape index (κ2) is 8.66. The number of ether oxygens (including phenoxy) is 1. The first-order valence-corrected chi connectivity index (χ1v) is 6.62. The molecule has 0 spiro atoms. The minimum absolute atomic E-state index is 0.198. The number of carbonyl (C=O) groups is 1. The normalized spacial score (nSPS) is 9.59. The number of carbonyl (C=O) groups excluding carboxylic acids is 1. The maximum Gasteiger partial charge on any atom is 0.316 e. The Bertz CT molecular complexity index is 373. The molecule has 0 N–H and O–H groups in total. The van der Waals surface area contributed by atoms with E-state index in [0.29, 0.717) is 18.8 Å². The molecule has 0 saturated heterocycles. The molecule has 4 heteroatoms. The average molecular weight is 249 g/mol. The Labute approximate surface area is 106 Å². The van der Waals surface area contributed by atoms with Crippen molar-refractivity contribution in [3.8, 4) is 6.07 Å². The van der Waals surface area contributed by atoms with Crippen molar-refractivity contribution in [2.75, 3.05) is 11.5 Å². The number of esters is 1. The predicted molar refractivity (Wildman–Crippen MR) is 68.4 cm³/mol. The first kappa shape index (κ1) is 13.6. The molecule has 0 aromatic heterocycles. The molecule has 1 aromatic rings. The van der Waals surface area contributed by atoms with E-state index in [-0.39, 0.29) is 5.97 Å². The molecular weight excluding hydrogens is 234 g/mol. The maximum absolute atomic E-state index is 11.3. The molecule has 17 heavy (non-hydrogen) atoms. The second-order valence-corrected chi connectivity index (χ2v) is 4.57. The topological polar surface area (TPSA) is 50.1 Å². The molecule has 90 valence electrons. The Morgan fingerprint density at radius 3 is 2.82 bits per heavy atom. The van der Waals surface area contributed by atoms with Gasteiger partial charge < -0.3 is 4.74 Å². The predicted octanol–water partition coefficient (Wildman–Crippen LogP) is 2.77. The molecule has 0 saturated carbocycles. The van der Waals surface area contributed by atoms with E-state index < -0.39 is 0 Å². The highest BCUT2D eigenvalue weighted by molar-refractivity contribution is 7.99. The summed E-state index contributed by atoms with van der Waals surface area (Å²) >= 11 is 1.51. The van der Waals surface area contributed by atoms with E-state index in [1.807, 2.05) is 30.3 Å². The highest BCUT2D eigenvalue weighted by Gasteiger charge is 2.03. The molecule has 0 bridgehead atoms. The minimum atomic E-state index is -0.198. The lowest BCUT2D eigenvalue weighted by atomic mass is 10.2. The molecule has 0 aliphatic carbocycles. The van der Waals surface area contributed by atoms with Crippen LogP contribution in [0.3, 0.4) is 0 Å². The van der Waals surface area contributed by atoms with E-state index in [9.17, 15) is 4.79 Å². The standard InChI is InChI=1S/C13H15NO2S/c14-8-4-5-9-17-11-13(15)16-10-12-6-2-1-3-7-12/h1-3,6-7H,4-5,9-11H2. The van der Waals surface area contributed by atoms with E-state index in [4.69, 9.17) is 10.00 Å². The van der Waals surface area contributed by atoms with Crippen molar-refractivity contribution in [3.63, 3.8) is 0 Å². The van der Waals surface area contributed by atoms with Crippen molar-refractivity contribution in [2.45, 2.75) is 19.4 Å². The molecule has 0 heterocycles. The van der Waals surface area contributed by atoms with Gasteiger partial charge in [-0.15, -0.1) is 0 Å². The van der Waals surface area contributed by atoms with Gasteiger partial charge in [-0.25, -0.2) is 0 Å². The monoisotopic (exact) mass is 249 g/mol. The van der Waals surface area contributed by atoms with Gasteiger partial charge in [0.05, 0.1) is 11.8 Å². The van der Waals surface area contributed by atoms with Crippen LogP contribution in [-0.4, -0.2) is 17.5 Å². The number of benzene rings is 1. The lowest BCUT2D eigenvalue weighted by Crippen LogP contribution is -2.07. The molecule has 0 aliphatic rings. The van der Waals surface area contributed by atoms with E-state index in [0.717, 1.165) is 17.7 Å². The van der Waals surface area contributed by atoms with Crippen LogP contribution in [0.25, 0.3) is 0 Å². The lowest BCUT2D eigenvalue weighted by Gasteiger charge is -2.04. The van der Waals surface area contributed by atoms with Crippen LogP contribution in [0.15, 0.2) is 30.3 Å². The number of hydrogen-bond acceptors (Lipinski definition) is 4. The van der Waals surface area contributed by atoms with Crippen LogP contribution in [0.1, 0.15) is 18.4 Å². The molecule has 3 nitrogen and oxygen atoms in total. The Morgan fingerprint density at radius 1 is 1.35 bits per heavy atom. The second-order valence-electron chi connectivity index (χ2n) is 3.46. The third-order valence-electron chi connectivity index (χ3n) is 2.04. The van der Waals surface area contributed by atoms with Gasteiger partial charge in [-0.3, -0.25) is 4.79 Å². The van der Waals surface area contributed by atoms with Crippen LogP contribution in [0, 0.1) is 11.3 Å². The molecule has 1 aromatic carbocycles. The fourth-order valence-corrected chi connectivity index (χ4v) is 1.93. The van der Waals surface area contributed by atoms with Crippen LogP contribution in [0.5, 0.6) is 0 Å². The van der Waals surface area contributed by atoms with Crippen molar-refractivity contribution in [1.29, 1.82) is 5.26 Å². The number of thioether (sulfide) groups is 1. The molecule has 0 atom stereocenters. The van der Waals surface area contributed by atoms with Crippen LogP contribution in [0.2, 0.25) is 0 Å². The largest absolute Gasteiger partial charge is 0.460 e. The smallest absolute Gasteiger partial charge is 0.316 e. The van der Waals surface area contributed by atoms with Crippen molar-refractivity contribution < 1.29 is 9.53 Å². The van der Waals surface area contributed by atoms with Crippen molar-refractivity contribution >= 4 is 17.7 Å². The SMILES string of the molecule is N#CCCCSCC(=O)OCc1ccccc1. The van der Waals surface area contributed by atoms with E-state index >= 15 is 0 Å². The molecule has 0 radical (unpaired) electrons. The van der Waals surface area contributed by atoms with Crippen molar-refractivity contribution in [3.05, 3.63) is 35.9 Å².